The van der Waals surface area contributed by atoms with E-state index in [0.29, 0.717) is 0 Å². The van der Waals surface area contributed by atoms with Crippen molar-refractivity contribution in [2.45, 2.75) is 19.3 Å². The van der Waals surface area contributed by atoms with Gasteiger partial charge in [-0.25, -0.2) is 4.98 Å². The van der Waals surface area contributed by atoms with Gasteiger partial charge in [-0.2, -0.15) is 0 Å². The maximum absolute atomic E-state index is 5.60. The molecule has 0 fully saturated rings. The molecule has 0 radical (unpaired) electrons. The van der Waals surface area contributed by atoms with Crippen molar-refractivity contribution in [3.05, 3.63) is 28.6 Å². The summed E-state index contributed by atoms with van der Waals surface area (Å²) in [5, 5.41) is 0. The maximum Gasteiger partial charge on any atom is 0.195 e. The summed E-state index contributed by atoms with van der Waals surface area (Å²) < 4.78 is 6.62. The van der Waals surface area contributed by atoms with Crippen molar-refractivity contribution in [2.24, 2.45) is 5.73 Å². The number of unbranched alkanes of at least 4 members (excludes halogenated alkanes) is 1. The van der Waals surface area contributed by atoms with Crippen LogP contribution in [0, 0.1) is 0 Å². The highest BCUT2D eigenvalue weighted by molar-refractivity contribution is 9.10. The molecule has 0 spiro atoms. The molecule has 2 aromatic rings. The minimum atomic E-state index is 0.728. The van der Waals surface area contributed by atoms with Crippen LogP contribution in [-0.2, 0) is 6.42 Å². The molecule has 1 heterocycles. The van der Waals surface area contributed by atoms with Gasteiger partial charge >= 0.3 is 0 Å². The quantitative estimate of drug-likeness (QED) is 0.868. The second-order valence-electron chi connectivity index (χ2n) is 3.47. The smallest absolute Gasteiger partial charge is 0.195 e. The predicted octanol–water partition coefficient (Wildman–Crippen LogP) is 2.87. The number of nitrogens with two attached hydrogens (primary N) is 1. The van der Waals surface area contributed by atoms with Gasteiger partial charge in [-0.15, -0.1) is 0 Å². The molecular formula is C11H13BrN2O. The Bertz CT molecular complexity index is 453. The predicted molar refractivity (Wildman–Crippen MR) is 63.7 cm³/mol. The van der Waals surface area contributed by atoms with E-state index in [1.165, 1.54) is 0 Å². The van der Waals surface area contributed by atoms with Crippen LogP contribution in [0.25, 0.3) is 11.1 Å². The molecule has 0 aliphatic carbocycles. The van der Waals surface area contributed by atoms with Gasteiger partial charge in [0.1, 0.15) is 5.52 Å². The zero-order valence-electron chi connectivity index (χ0n) is 8.37. The Morgan fingerprint density at radius 2 is 2.20 bits per heavy atom. The number of rotatable bonds is 4. The van der Waals surface area contributed by atoms with E-state index in [1.807, 2.05) is 18.2 Å². The monoisotopic (exact) mass is 268 g/mol. The van der Waals surface area contributed by atoms with Gasteiger partial charge in [-0.1, -0.05) is 15.9 Å². The van der Waals surface area contributed by atoms with Gasteiger partial charge < -0.3 is 10.2 Å². The van der Waals surface area contributed by atoms with E-state index in [2.05, 4.69) is 20.9 Å². The lowest BCUT2D eigenvalue weighted by molar-refractivity contribution is 0.515. The van der Waals surface area contributed by atoms with Crippen molar-refractivity contribution in [1.29, 1.82) is 0 Å². The number of halogens is 1. The van der Waals surface area contributed by atoms with E-state index in [-0.39, 0.29) is 0 Å². The minimum Gasteiger partial charge on any atom is -0.441 e. The van der Waals surface area contributed by atoms with Gasteiger partial charge in [0.05, 0.1) is 0 Å². The SMILES string of the molecule is NCCCCc1nc2cc(Br)ccc2o1. The first-order valence-corrected chi connectivity index (χ1v) is 5.84. The number of aryl methyl sites for hydroxylation is 1. The molecule has 2 rings (SSSR count). The third-order valence-electron chi connectivity index (χ3n) is 2.24. The molecule has 0 amide bonds. The van der Waals surface area contributed by atoms with Crippen LogP contribution in [0.15, 0.2) is 27.1 Å². The summed E-state index contributed by atoms with van der Waals surface area (Å²) in [5.74, 6) is 0.802. The van der Waals surface area contributed by atoms with Gasteiger partial charge in [0, 0.05) is 10.9 Å². The number of benzene rings is 1. The topological polar surface area (TPSA) is 52.0 Å². The van der Waals surface area contributed by atoms with Crippen molar-refractivity contribution < 1.29 is 4.42 Å². The zero-order chi connectivity index (χ0) is 10.7. The highest BCUT2D eigenvalue weighted by atomic mass is 79.9. The Labute approximate surface area is 96.8 Å². The summed E-state index contributed by atoms with van der Waals surface area (Å²) >= 11 is 3.41. The van der Waals surface area contributed by atoms with E-state index in [1.54, 1.807) is 0 Å². The number of oxazole rings is 1. The molecule has 2 N–H and O–H groups in total. The van der Waals surface area contributed by atoms with Crippen LogP contribution < -0.4 is 5.73 Å². The van der Waals surface area contributed by atoms with Crippen molar-refractivity contribution >= 4 is 27.0 Å². The fourth-order valence-corrected chi connectivity index (χ4v) is 1.82. The van der Waals surface area contributed by atoms with E-state index in [9.17, 15) is 0 Å². The van der Waals surface area contributed by atoms with Crippen molar-refractivity contribution in [3.63, 3.8) is 0 Å². The first kappa shape index (κ1) is 10.6. The van der Waals surface area contributed by atoms with Gasteiger partial charge in [-0.05, 0) is 37.6 Å². The molecule has 0 saturated heterocycles. The van der Waals surface area contributed by atoms with Crippen LogP contribution in [-0.4, -0.2) is 11.5 Å². The largest absolute Gasteiger partial charge is 0.441 e. The summed E-state index contributed by atoms with van der Waals surface area (Å²) in [6.07, 6.45) is 2.91. The van der Waals surface area contributed by atoms with Crippen molar-refractivity contribution in [1.82, 2.24) is 4.98 Å². The van der Waals surface area contributed by atoms with Crippen LogP contribution in [0.5, 0.6) is 0 Å². The Morgan fingerprint density at radius 3 is 3.00 bits per heavy atom. The first-order valence-electron chi connectivity index (χ1n) is 5.04. The lowest BCUT2D eigenvalue weighted by atomic mass is 10.2. The number of fused-ring (bicyclic) bond motifs is 1. The second-order valence-corrected chi connectivity index (χ2v) is 4.38. The zero-order valence-corrected chi connectivity index (χ0v) is 9.96. The number of nitrogens with zero attached hydrogens (tertiary/aromatic N) is 1. The summed E-state index contributed by atoms with van der Waals surface area (Å²) in [7, 11) is 0. The highest BCUT2D eigenvalue weighted by Crippen LogP contribution is 2.20. The number of hydrogen-bond donors (Lipinski definition) is 1. The first-order chi connectivity index (χ1) is 7.29. The molecule has 0 bridgehead atoms. The van der Waals surface area contributed by atoms with E-state index in [4.69, 9.17) is 10.2 Å². The summed E-state index contributed by atoms with van der Waals surface area (Å²) in [4.78, 5) is 4.41. The molecule has 0 aliphatic rings. The molecule has 4 heteroatoms. The van der Waals surface area contributed by atoms with Gasteiger partial charge in [0.2, 0.25) is 0 Å². The van der Waals surface area contributed by atoms with Gasteiger partial charge in [0.15, 0.2) is 11.5 Å². The van der Waals surface area contributed by atoms with Crippen molar-refractivity contribution in [3.8, 4) is 0 Å². The summed E-state index contributed by atoms with van der Waals surface area (Å²) in [6, 6.07) is 5.85. The molecule has 15 heavy (non-hydrogen) atoms. The van der Waals surface area contributed by atoms with E-state index >= 15 is 0 Å². The average Bonchev–Trinajstić information content (AvgIpc) is 2.60. The Hall–Kier alpha value is -0.870. The minimum absolute atomic E-state index is 0.728. The molecule has 0 unspecified atom stereocenters. The fraction of sp³-hybridized carbons (Fsp3) is 0.364. The normalized spacial score (nSPS) is 11.1. The van der Waals surface area contributed by atoms with E-state index in [0.717, 1.165) is 47.3 Å². The van der Waals surface area contributed by atoms with Crippen LogP contribution in [0.1, 0.15) is 18.7 Å². The molecule has 80 valence electrons. The third kappa shape index (κ3) is 2.58. The molecule has 0 aliphatic heterocycles. The molecule has 1 aromatic heterocycles. The lowest BCUT2D eigenvalue weighted by Gasteiger charge is -1.92. The van der Waals surface area contributed by atoms with Crippen LogP contribution in [0.2, 0.25) is 0 Å². The maximum atomic E-state index is 5.60. The summed E-state index contributed by atoms with van der Waals surface area (Å²) in [6.45, 7) is 0.728. The Balaban J connectivity index is 2.16. The lowest BCUT2D eigenvalue weighted by Crippen LogP contribution is -1.98. The van der Waals surface area contributed by atoms with Crippen LogP contribution in [0.3, 0.4) is 0 Å². The third-order valence-corrected chi connectivity index (χ3v) is 2.73. The number of aromatic nitrogens is 1. The van der Waals surface area contributed by atoms with Crippen LogP contribution >= 0.6 is 15.9 Å². The van der Waals surface area contributed by atoms with Crippen LogP contribution in [0.4, 0.5) is 0 Å². The summed E-state index contributed by atoms with van der Waals surface area (Å²) in [5.41, 5.74) is 7.19. The Kier molecular flexibility index (Phi) is 3.38. The molecule has 0 atom stereocenters. The molecular weight excluding hydrogens is 256 g/mol. The second kappa shape index (κ2) is 4.77. The fourth-order valence-electron chi connectivity index (χ4n) is 1.48. The van der Waals surface area contributed by atoms with Crippen molar-refractivity contribution in [2.75, 3.05) is 6.54 Å². The number of hydrogen-bond acceptors (Lipinski definition) is 3. The van der Waals surface area contributed by atoms with Gasteiger partial charge in [-0.3, -0.25) is 0 Å². The molecule has 3 nitrogen and oxygen atoms in total. The standard InChI is InChI=1S/C11H13BrN2O/c12-8-4-5-10-9(7-8)14-11(15-10)3-1-2-6-13/h4-5,7H,1-3,6,13H2. The average molecular weight is 269 g/mol. The molecule has 1 aromatic carbocycles. The Morgan fingerprint density at radius 1 is 1.33 bits per heavy atom. The van der Waals surface area contributed by atoms with E-state index < -0.39 is 0 Å². The highest BCUT2D eigenvalue weighted by Gasteiger charge is 2.05. The molecule has 0 saturated carbocycles. The van der Waals surface area contributed by atoms with Gasteiger partial charge in [0.25, 0.3) is 0 Å².